The van der Waals surface area contributed by atoms with E-state index in [9.17, 15) is 5.11 Å². The summed E-state index contributed by atoms with van der Waals surface area (Å²) in [7, 11) is 1.78. The fraction of sp³-hybridized carbons (Fsp3) is 0.778. The zero-order valence-corrected chi connectivity index (χ0v) is 8.42. The number of aromatic nitrogens is 3. The lowest BCUT2D eigenvalue weighted by molar-refractivity contribution is 0.0733. The Morgan fingerprint density at radius 2 is 2.50 bits per heavy atom. The minimum Gasteiger partial charge on any atom is -0.385 e. The van der Waals surface area contributed by atoms with Crippen LogP contribution in [0.25, 0.3) is 0 Å². The standard InChI is InChI=1S/C9H15N3O2/c1-6-3-7(4-14-6)8(13)9-10-5-11-12(9)2/h5-8,13H,3-4H2,1-2H3. The lowest BCUT2D eigenvalue weighted by Gasteiger charge is -2.14. The van der Waals surface area contributed by atoms with Crippen molar-refractivity contribution >= 4 is 0 Å². The summed E-state index contributed by atoms with van der Waals surface area (Å²) in [6, 6.07) is 0. The minimum atomic E-state index is -0.563. The van der Waals surface area contributed by atoms with Crippen molar-refractivity contribution in [3.05, 3.63) is 12.2 Å². The molecule has 0 aromatic carbocycles. The Kier molecular flexibility index (Phi) is 2.52. The van der Waals surface area contributed by atoms with Crippen molar-refractivity contribution in [2.75, 3.05) is 6.61 Å². The average Bonchev–Trinajstić information content (AvgIpc) is 2.73. The number of nitrogens with zero attached hydrogens (tertiary/aromatic N) is 3. The normalized spacial score (nSPS) is 29.4. The Labute approximate surface area is 82.7 Å². The molecule has 3 atom stereocenters. The Hall–Kier alpha value is -0.940. The maximum absolute atomic E-state index is 10.0. The predicted octanol–water partition coefficient (Wildman–Crippen LogP) is 0.274. The zero-order valence-electron chi connectivity index (χ0n) is 8.42. The number of rotatable bonds is 2. The highest BCUT2D eigenvalue weighted by molar-refractivity contribution is 4.94. The van der Waals surface area contributed by atoms with Crippen molar-refractivity contribution in [3.63, 3.8) is 0 Å². The molecule has 0 bridgehead atoms. The minimum absolute atomic E-state index is 0.146. The Bertz CT molecular complexity index is 313. The van der Waals surface area contributed by atoms with Gasteiger partial charge in [-0.2, -0.15) is 5.10 Å². The Morgan fingerprint density at radius 3 is 3.00 bits per heavy atom. The molecule has 0 aliphatic carbocycles. The van der Waals surface area contributed by atoms with Crippen LogP contribution in [-0.2, 0) is 11.8 Å². The number of aliphatic hydroxyl groups is 1. The van der Waals surface area contributed by atoms with E-state index in [-0.39, 0.29) is 12.0 Å². The first kappa shape index (κ1) is 9.61. The SMILES string of the molecule is CC1CC(C(O)c2ncnn2C)CO1. The second-order valence-electron chi connectivity index (χ2n) is 3.83. The van der Waals surface area contributed by atoms with E-state index in [4.69, 9.17) is 4.74 Å². The van der Waals surface area contributed by atoms with Gasteiger partial charge in [-0.3, -0.25) is 4.68 Å². The first-order chi connectivity index (χ1) is 6.68. The molecule has 5 nitrogen and oxygen atoms in total. The van der Waals surface area contributed by atoms with Crippen LogP contribution in [0.4, 0.5) is 0 Å². The summed E-state index contributed by atoms with van der Waals surface area (Å²) >= 11 is 0. The van der Waals surface area contributed by atoms with Crippen LogP contribution in [-0.4, -0.2) is 32.6 Å². The monoisotopic (exact) mass is 197 g/mol. The van der Waals surface area contributed by atoms with Gasteiger partial charge in [0.05, 0.1) is 12.7 Å². The first-order valence-corrected chi connectivity index (χ1v) is 4.82. The largest absolute Gasteiger partial charge is 0.385 e. The summed E-state index contributed by atoms with van der Waals surface area (Å²) < 4.78 is 7.01. The molecule has 1 aromatic heterocycles. The number of aryl methyl sites for hydroxylation is 1. The molecule has 2 rings (SSSR count). The van der Waals surface area contributed by atoms with Crippen LogP contribution < -0.4 is 0 Å². The molecule has 14 heavy (non-hydrogen) atoms. The molecule has 2 heterocycles. The van der Waals surface area contributed by atoms with E-state index < -0.39 is 6.10 Å². The van der Waals surface area contributed by atoms with Crippen molar-refractivity contribution in [2.24, 2.45) is 13.0 Å². The highest BCUT2D eigenvalue weighted by atomic mass is 16.5. The van der Waals surface area contributed by atoms with E-state index in [1.165, 1.54) is 6.33 Å². The average molecular weight is 197 g/mol. The maximum Gasteiger partial charge on any atom is 0.155 e. The molecule has 1 fully saturated rings. The van der Waals surface area contributed by atoms with Crippen LogP contribution in [0, 0.1) is 5.92 Å². The van der Waals surface area contributed by atoms with E-state index in [2.05, 4.69) is 10.1 Å². The number of hydrogen-bond donors (Lipinski definition) is 1. The van der Waals surface area contributed by atoms with Gasteiger partial charge in [0.1, 0.15) is 12.4 Å². The predicted molar refractivity (Wildman–Crippen MR) is 49.5 cm³/mol. The molecule has 3 unspecified atom stereocenters. The number of ether oxygens (including phenoxy) is 1. The molecule has 78 valence electrons. The highest BCUT2D eigenvalue weighted by Crippen LogP contribution is 2.30. The van der Waals surface area contributed by atoms with Crippen molar-refractivity contribution in [1.82, 2.24) is 14.8 Å². The first-order valence-electron chi connectivity index (χ1n) is 4.82. The maximum atomic E-state index is 10.0. The highest BCUT2D eigenvalue weighted by Gasteiger charge is 2.31. The van der Waals surface area contributed by atoms with Gasteiger partial charge in [-0.15, -0.1) is 0 Å². The smallest absolute Gasteiger partial charge is 0.155 e. The van der Waals surface area contributed by atoms with Gasteiger partial charge >= 0.3 is 0 Å². The molecular formula is C9H15N3O2. The second-order valence-corrected chi connectivity index (χ2v) is 3.83. The van der Waals surface area contributed by atoms with Gasteiger partial charge < -0.3 is 9.84 Å². The van der Waals surface area contributed by atoms with Gasteiger partial charge in [0.2, 0.25) is 0 Å². The lowest BCUT2D eigenvalue weighted by atomic mass is 9.99. The summed E-state index contributed by atoms with van der Waals surface area (Å²) in [5.41, 5.74) is 0. The fourth-order valence-electron chi connectivity index (χ4n) is 1.85. The topological polar surface area (TPSA) is 60.2 Å². The van der Waals surface area contributed by atoms with E-state index in [0.717, 1.165) is 6.42 Å². The van der Waals surface area contributed by atoms with Gasteiger partial charge in [0.25, 0.3) is 0 Å². The molecule has 1 aromatic rings. The van der Waals surface area contributed by atoms with Gasteiger partial charge in [0.15, 0.2) is 5.82 Å². The molecule has 0 saturated carbocycles. The molecule has 1 N–H and O–H groups in total. The van der Waals surface area contributed by atoms with Gasteiger partial charge in [-0.1, -0.05) is 0 Å². The molecule has 1 aliphatic rings. The van der Waals surface area contributed by atoms with Crippen molar-refractivity contribution in [3.8, 4) is 0 Å². The van der Waals surface area contributed by atoms with Gasteiger partial charge in [-0.25, -0.2) is 4.98 Å². The Balaban J connectivity index is 2.09. The molecule has 0 radical (unpaired) electrons. The molecule has 0 amide bonds. The summed E-state index contributed by atoms with van der Waals surface area (Å²) in [4.78, 5) is 4.03. The van der Waals surface area contributed by atoms with Crippen molar-refractivity contribution in [1.29, 1.82) is 0 Å². The summed E-state index contributed by atoms with van der Waals surface area (Å²) in [5, 5.41) is 13.9. The van der Waals surface area contributed by atoms with E-state index in [1.807, 2.05) is 6.92 Å². The quantitative estimate of drug-likeness (QED) is 0.739. The van der Waals surface area contributed by atoms with Crippen LogP contribution in [0.5, 0.6) is 0 Å². The lowest BCUT2D eigenvalue weighted by Crippen LogP contribution is -2.17. The van der Waals surface area contributed by atoms with Crippen molar-refractivity contribution < 1.29 is 9.84 Å². The fourth-order valence-corrected chi connectivity index (χ4v) is 1.85. The van der Waals surface area contributed by atoms with Crippen LogP contribution in [0.15, 0.2) is 6.33 Å². The molecule has 1 saturated heterocycles. The summed E-state index contributed by atoms with van der Waals surface area (Å²) in [6.45, 7) is 2.62. The van der Waals surface area contributed by atoms with Crippen LogP contribution in [0.2, 0.25) is 0 Å². The third-order valence-electron chi connectivity index (χ3n) is 2.69. The van der Waals surface area contributed by atoms with Crippen LogP contribution in [0.3, 0.4) is 0 Å². The number of hydrogen-bond acceptors (Lipinski definition) is 4. The van der Waals surface area contributed by atoms with E-state index in [0.29, 0.717) is 12.4 Å². The number of aliphatic hydroxyl groups excluding tert-OH is 1. The van der Waals surface area contributed by atoms with Crippen molar-refractivity contribution in [2.45, 2.75) is 25.6 Å². The molecule has 0 spiro atoms. The van der Waals surface area contributed by atoms with Gasteiger partial charge in [0, 0.05) is 13.0 Å². The van der Waals surface area contributed by atoms with Crippen LogP contribution >= 0.6 is 0 Å². The molecular weight excluding hydrogens is 182 g/mol. The molecule has 5 heteroatoms. The summed E-state index contributed by atoms with van der Waals surface area (Å²) in [5.74, 6) is 0.764. The second kappa shape index (κ2) is 3.67. The molecule has 1 aliphatic heterocycles. The van der Waals surface area contributed by atoms with Gasteiger partial charge in [-0.05, 0) is 13.3 Å². The van der Waals surface area contributed by atoms with Crippen LogP contribution in [0.1, 0.15) is 25.3 Å². The third kappa shape index (κ3) is 1.65. The zero-order chi connectivity index (χ0) is 10.1. The Morgan fingerprint density at radius 1 is 1.71 bits per heavy atom. The van der Waals surface area contributed by atoms with E-state index >= 15 is 0 Å². The summed E-state index contributed by atoms with van der Waals surface area (Å²) in [6.07, 6.45) is 2.02. The third-order valence-corrected chi connectivity index (χ3v) is 2.69. The van der Waals surface area contributed by atoms with E-state index in [1.54, 1.807) is 11.7 Å².